The minimum atomic E-state index is -0.576. The number of carbonyl (C=O) groups is 1. The van der Waals surface area contributed by atoms with Crippen molar-refractivity contribution in [2.75, 3.05) is 20.2 Å². The summed E-state index contributed by atoms with van der Waals surface area (Å²) in [5.74, 6) is 1.65. The van der Waals surface area contributed by atoms with Crippen LogP contribution in [-0.4, -0.2) is 52.4 Å². The van der Waals surface area contributed by atoms with Crippen LogP contribution >= 0.6 is 0 Å². The third-order valence-electron chi connectivity index (χ3n) is 6.21. The van der Waals surface area contributed by atoms with Crippen LogP contribution in [0.2, 0.25) is 0 Å². The smallest absolute Gasteiger partial charge is 0.219 e. The molecule has 150 valence electrons. The first-order valence-electron chi connectivity index (χ1n) is 10.00. The highest BCUT2D eigenvalue weighted by molar-refractivity contribution is 6.01. The summed E-state index contributed by atoms with van der Waals surface area (Å²) in [4.78, 5) is 17.9. The van der Waals surface area contributed by atoms with E-state index in [0.717, 1.165) is 34.8 Å². The SMILES string of the molecule is COc1cccc2c1OC1(CCN(C(C)=O)CC1)N1N=C(c3ccncc3)C[C@H]21. The highest BCUT2D eigenvalue weighted by Crippen LogP contribution is 2.52. The number of carbonyl (C=O) groups excluding carboxylic acids is 1. The summed E-state index contributed by atoms with van der Waals surface area (Å²) in [5, 5.41) is 7.18. The van der Waals surface area contributed by atoms with E-state index in [1.807, 2.05) is 29.2 Å². The molecule has 29 heavy (non-hydrogen) atoms. The molecular formula is C22H24N4O3. The molecule has 2 aromatic rings. The Bertz CT molecular complexity index is 967. The standard InChI is InChI=1S/C22H24N4O3/c1-15(27)25-12-8-22(9-13-25)26-19(14-18(24-26)16-6-10-23-11-7-16)17-4-3-5-20(28-2)21(17)29-22/h3-7,10-11,19H,8-9,12-14H2,1-2H3/t19-/m1/s1. The van der Waals surface area contributed by atoms with E-state index < -0.39 is 5.72 Å². The van der Waals surface area contributed by atoms with Gasteiger partial charge < -0.3 is 14.4 Å². The van der Waals surface area contributed by atoms with Gasteiger partial charge in [-0.15, -0.1) is 0 Å². The van der Waals surface area contributed by atoms with Gasteiger partial charge in [0.1, 0.15) is 0 Å². The Balaban J connectivity index is 1.58. The van der Waals surface area contributed by atoms with Crippen molar-refractivity contribution < 1.29 is 14.3 Å². The second kappa shape index (κ2) is 6.76. The number of likely N-dealkylation sites (tertiary alicyclic amines) is 1. The molecule has 7 heteroatoms. The van der Waals surface area contributed by atoms with Crippen LogP contribution in [0.15, 0.2) is 47.8 Å². The number of fused-ring (bicyclic) bond motifs is 4. The number of ether oxygens (including phenoxy) is 2. The molecule has 1 amide bonds. The summed E-state index contributed by atoms with van der Waals surface area (Å²) >= 11 is 0. The number of hydrogen-bond donors (Lipinski definition) is 0. The lowest BCUT2D eigenvalue weighted by molar-refractivity contribution is -0.159. The first-order valence-corrected chi connectivity index (χ1v) is 10.00. The largest absolute Gasteiger partial charge is 0.493 e. The first kappa shape index (κ1) is 18.0. The summed E-state index contributed by atoms with van der Waals surface area (Å²) in [5.41, 5.74) is 2.63. The number of methoxy groups -OCH3 is 1. The van der Waals surface area contributed by atoms with Crippen molar-refractivity contribution in [3.8, 4) is 11.5 Å². The number of rotatable bonds is 2. The quantitative estimate of drug-likeness (QED) is 0.786. The molecule has 1 spiro atoms. The topological polar surface area (TPSA) is 67.3 Å². The molecule has 3 aliphatic heterocycles. The molecule has 0 radical (unpaired) electrons. The van der Waals surface area contributed by atoms with Gasteiger partial charge in [-0.25, -0.2) is 5.01 Å². The lowest BCUT2D eigenvalue weighted by Crippen LogP contribution is -2.59. The molecule has 0 unspecified atom stereocenters. The third-order valence-corrected chi connectivity index (χ3v) is 6.21. The van der Waals surface area contributed by atoms with Gasteiger partial charge in [-0.05, 0) is 18.2 Å². The lowest BCUT2D eigenvalue weighted by atomic mass is 9.90. The fraction of sp³-hybridized carbons (Fsp3) is 0.409. The maximum absolute atomic E-state index is 11.9. The molecule has 0 bridgehead atoms. The Labute approximate surface area is 169 Å². The number of aromatic nitrogens is 1. The predicted octanol–water partition coefficient (Wildman–Crippen LogP) is 2.97. The summed E-state index contributed by atoms with van der Waals surface area (Å²) in [6.45, 7) is 2.93. The van der Waals surface area contributed by atoms with E-state index in [-0.39, 0.29) is 11.9 Å². The van der Waals surface area contributed by atoms with Crippen molar-refractivity contribution in [1.82, 2.24) is 14.9 Å². The van der Waals surface area contributed by atoms with Crippen LogP contribution in [0.1, 0.15) is 43.4 Å². The highest BCUT2D eigenvalue weighted by atomic mass is 16.5. The van der Waals surface area contributed by atoms with E-state index in [1.165, 1.54) is 0 Å². The van der Waals surface area contributed by atoms with Crippen molar-refractivity contribution in [3.63, 3.8) is 0 Å². The second-order valence-corrected chi connectivity index (χ2v) is 7.78. The van der Waals surface area contributed by atoms with Crippen LogP contribution in [0.4, 0.5) is 0 Å². The van der Waals surface area contributed by atoms with Gasteiger partial charge in [-0.1, -0.05) is 12.1 Å². The van der Waals surface area contributed by atoms with Crippen molar-refractivity contribution in [2.24, 2.45) is 5.10 Å². The van der Waals surface area contributed by atoms with E-state index in [2.05, 4.69) is 16.1 Å². The molecule has 3 aliphatic rings. The number of hydrogen-bond acceptors (Lipinski definition) is 6. The van der Waals surface area contributed by atoms with E-state index in [4.69, 9.17) is 14.6 Å². The van der Waals surface area contributed by atoms with Crippen LogP contribution < -0.4 is 9.47 Å². The number of para-hydroxylation sites is 1. The number of amides is 1. The van der Waals surface area contributed by atoms with Gasteiger partial charge in [0.05, 0.1) is 18.9 Å². The van der Waals surface area contributed by atoms with Gasteiger partial charge in [-0.2, -0.15) is 5.10 Å². The molecular weight excluding hydrogens is 368 g/mol. The summed E-state index contributed by atoms with van der Waals surface area (Å²) < 4.78 is 12.3. The molecule has 5 rings (SSSR count). The van der Waals surface area contributed by atoms with Gasteiger partial charge in [0.2, 0.25) is 11.6 Å². The lowest BCUT2D eigenvalue weighted by Gasteiger charge is -2.51. The van der Waals surface area contributed by atoms with Crippen LogP contribution in [0.5, 0.6) is 11.5 Å². The van der Waals surface area contributed by atoms with E-state index in [9.17, 15) is 4.79 Å². The number of pyridine rings is 1. The average Bonchev–Trinajstić information content (AvgIpc) is 3.21. The van der Waals surface area contributed by atoms with Gasteiger partial charge >= 0.3 is 0 Å². The van der Waals surface area contributed by atoms with E-state index in [1.54, 1.807) is 26.4 Å². The Morgan fingerprint density at radius 3 is 2.66 bits per heavy atom. The molecule has 4 heterocycles. The van der Waals surface area contributed by atoms with Crippen LogP contribution in [0.25, 0.3) is 0 Å². The summed E-state index contributed by atoms with van der Waals surface area (Å²) in [7, 11) is 1.67. The van der Waals surface area contributed by atoms with Crippen LogP contribution in [0, 0.1) is 0 Å². The average molecular weight is 392 g/mol. The monoisotopic (exact) mass is 392 g/mol. The molecule has 1 fully saturated rings. The maximum atomic E-state index is 11.9. The second-order valence-electron chi connectivity index (χ2n) is 7.78. The van der Waals surface area contributed by atoms with Crippen molar-refractivity contribution in [3.05, 3.63) is 53.9 Å². The Kier molecular flexibility index (Phi) is 4.19. The van der Waals surface area contributed by atoms with E-state index in [0.29, 0.717) is 25.9 Å². The molecule has 7 nitrogen and oxygen atoms in total. The zero-order valence-corrected chi connectivity index (χ0v) is 16.7. The fourth-order valence-electron chi connectivity index (χ4n) is 4.65. The molecule has 0 N–H and O–H groups in total. The molecule has 0 aliphatic carbocycles. The Hall–Kier alpha value is -3.09. The van der Waals surface area contributed by atoms with Gasteiger partial charge in [-0.3, -0.25) is 9.78 Å². The molecule has 1 saturated heterocycles. The number of hydrazone groups is 1. The van der Waals surface area contributed by atoms with Gasteiger partial charge in [0, 0.05) is 62.8 Å². The molecule has 0 saturated carbocycles. The highest BCUT2D eigenvalue weighted by Gasteiger charge is 2.52. The van der Waals surface area contributed by atoms with Gasteiger partial charge in [0.25, 0.3) is 0 Å². The minimum Gasteiger partial charge on any atom is -0.493 e. The Morgan fingerprint density at radius 2 is 1.97 bits per heavy atom. The van der Waals surface area contributed by atoms with Crippen LogP contribution in [0.3, 0.4) is 0 Å². The number of benzene rings is 1. The molecule has 1 aromatic carbocycles. The van der Waals surface area contributed by atoms with Crippen LogP contribution in [-0.2, 0) is 4.79 Å². The zero-order chi connectivity index (χ0) is 20.0. The van der Waals surface area contributed by atoms with Gasteiger partial charge in [0.15, 0.2) is 11.5 Å². The van der Waals surface area contributed by atoms with Crippen molar-refractivity contribution in [2.45, 2.75) is 38.0 Å². The predicted molar refractivity (Wildman–Crippen MR) is 108 cm³/mol. The minimum absolute atomic E-state index is 0.0842. The summed E-state index contributed by atoms with van der Waals surface area (Å²) in [6, 6.07) is 10.1. The Morgan fingerprint density at radius 1 is 1.21 bits per heavy atom. The third kappa shape index (κ3) is 2.84. The molecule has 1 atom stereocenters. The van der Waals surface area contributed by atoms with Crippen molar-refractivity contribution in [1.29, 1.82) is 0 Å². The maximum Gasteiger partial charge on any atom is 0.219 e. The van der Waals surface area contributed by atoms with Crippen molar-refractivity contribution >= 4 is 11.6 Å². The molecule has 1 aromatic heterocycles. The summed E-state index contributed by atoms with van der Waals surface area (Å²) in [6.07, 6.45) is 5.79. The van der Waals surface area contributed by atoms with E-state index >= 15 is 0 Å². The number of piperidine rings is 1. The first-order chi connectivity index (χ1) is 14.1. The number of nitrogens with zero attached hydrogens (tertiary/aromatic N) is 4. The normalized spacial score (nSPS) is 21.9. The fourth-order valence-corrected chi connectivity index (χ4v) is 4.65. The zero-order valence-electron chi connectivity index (χ0n) is 16.7.